The van der Waals surface area contributed by atoms with Gasteiger partial charge in [0.2, 0.25) is 0 Å². The molecule has 0 radical (unpaired) electrons. The fourth-order valence-electron chi connectivity index (χ4n) is 3.75. The van der Waals surface area contributed by atoms with E-state index in [-0.39, 0.29) is 51.0 Å². The second-order valence-corrected chi connectivity index (χ2v) is 6.31. The normalized spacial score (nSPS) is 19.8. The first-order valence-corrected chi connectivity index (χ1v) is 7.98. The van der Waals surface area contributed by atoms with Crippen molar-refractivity contribution >= 4 is 11.1 Å². The zero-order valence-corrected chi connectivity index (χ0v) is 18.3. The summed E-state index contributed by atoms with van der Waals surface area (Å²) in [5.41, 5.74) is 8.45. The van der Waals surface area contributed by atoms with Crippen LogP contribution in [-0.2, 0) is 26.2 Å². The summed E-state index contributed by atoms with van der Waals surface area (Å²) in [5.74, 6) is 0.829. The molecule has 126 valence electrons. The minimum atomic E-state index is 0. The van der Waals surface area contributed by atoms with Crippen molar-refractivity contribution in [3.05, 3.63) is 95.1 Å². The monoisotopic (exact) mass is 444 g/mol. The molecular formula is C22H20Cl2Zr. The fraction of sp³-hybridized carbons (Fsp3) is 0.182. The third kappa shape index (κ3) is 4.11. The van der Waals surface area contributed by atoms with E-state index in [2.05, 4.69) is 86.7 Å². The molecular weight excluding hydrogens is 426 g/mol. The van der Waals surface area contributed by atoms with E-state index in [0.717, 1.165) is 0 Å². The van der Waals surface area contributed by atoms with Gasteiger partial charge in [-0.3, -0.25) is 0 Å². The van der Waals surface area contributed by atoms with Crippen LogP contribution < -0.4 is 24.8 Å². The molecule has 2 atom stereocenters. The molecule has 0 amide bonds. The minimum absolute atomic E-state index is 0. The van der Waals surface area contributed by atoms with Crippen molar-refractivity contribution in [1.82, 2.24) is 0 Å². The maximum atomic E-state index is 2.37. The van der Waals surface area contributed by atoms with Crippen LogP contribution in [-0.4, -0.2) is 0 Å². The Morgan fingerprint density at radius 3 is 1.40 bits per heavy atom. The summed E-state index contributed by atoms with van der Waals surface area (Å²) in [4.78, 5) is 0. The van der Waals surface area contributed by atoms with Gasteiger partial charge in [0.1, 0.15) is 0 Å². The molecule has 2 aliphatic carbocycles. The Morgan fingerprint density at radius 1 is 0.640 bits per heavy atom. The second-order valence-electron chi connectivity index (χ2n) is 6.31. The van der Waals surface area contributed by atoms with E-state index in [9.17, 15) is 0 Å². The number of benzene rings is 2. The number of hydrogen-bond acceptors (Lipinski definition) is 0. The zero-order chi connectivity index (χ0) is 15.1. The van der Waals surface area contributed by atoms with Crippen molar-refractivity contribution < 1.29 is 51.0 Å². The minimum Gasteiger partial charge on any atom is -1.00 e. The second kappa shape index (κ2) is 9.17. The molecule has 0 aliphatic heterocycles. The van der Waals surface area contributed by atoms with Crippen molar-refractivity contribution in [2.24, 2.45) is 0 Å². The van der Waals surface area contributed by atoms with Gasteiger partial charge < -0.3 is 24.8 Å². The van der Waals surface area contributed by atoms with E-state index in [4.69, 9.17) is 0 Å². The molecule has 0 fully saturated rings. The molecule has 0 saturated heterocycles. The van der Waals surface area contributed by atoms with E-state index in [1.54, 1.807) is 0 Å². The molecule has 0 N–H and O–H groups in total. The number of rotatable bonds is 2. The predicted molar refractivity (Wildman–Crippen MR) is 94.8 cm³/mol. The van der Waals surface area contributed by atoms with Gasteiger partial charge in [-0.15, -0.1) is 0 Å². The molecule has 2 aliphatic rings. The largest absolute Gasteiger partial charge is 2.00 e. The summed E-state index contributed by atoms with van der Waals surface area (Å²) in [5, 5.41) is 0. The average Bonchev–Trinajstić information content (AvgIpc) is 3.04. The molecule has 2 aromatic rings. The van der Waals surface area contributed by atoms with Crippen LogP contribution in [0.5, 0.6) is 0 Å². The smallest absolute Gasteiger partial charge is 1.00 e. The first-order chi connectivity index (χ1) is 10.7. The Bertz CT molecular complexity index is 764. The van der Waals surface area contributed by atoms with Gasteiger partial charge in [-0.1, -0.05) is 72.8 Å². The van der Waals surface area contributed by atoms with Crippen LogP contribution in [0.4, 0.5) is 0 Å². The predicted octanol–water partition coefficient (Wildman–Crippen LogP) is -0.0505. The van der Waals surface area contributed by atoms with Gasteiger partial charge in [-0.2, -0.15) is 0 Å². The van der Waals surface area contributed by atoms with Crippen molar-refractivity contribution in [3.63, 3.8) is 0 Å². The third-order valence-electron chi connectivity index (χ3n) is 4.87. The van der Waals surface area contributed by atoms with Gasteiger partial charge in [-0.25, -0.2) is 0 Å². The molecule has 25 heavy (non-hydrogen) atoms. The maximum Gasteiger partial charge on any atom is 2.00 e. The summed E-state index contributed by atoms with van der Waals surface area (Å²) >= 11 is 0. The summed E-state index contributed by atoms with van der Waals surface area (Å²) in [6, 6.07) is 17.5. The van der Waals surface area contributed by atoms with Crippen molar-refractivity contribution in [3.8, 4) is 0 Å². The molecule has 0 heterocycles. The van der Waals surface area contributed by atoms with Crippen molar-refractivity contribution in [1.29, 1.82) is 0 Å². The number of halogens is 2. The number of allylic oxidation sites excluding steroid dienone is 6. The van der Waals surface area contributed by atoms with Crippen LogP contribution in [0.25, 0.3) is 11.1 Å². The Hall–Kier alpha value is -0.877. The van der Waals surface area contributed by atoms with Gasteiger partial charge in [0.15, 0.2) is 0 Å². The molecule has 0 saturated carbocycles. The first-order valence-electron chi connectivity index (χ1n) is 7.98. The summed E-state index contributed by atoms with van der Waals surface area (Å²) in [6.07, 6.45) is 9.48. The van der Waals surface area contributed by atoms with Gasteiger partial charge in [0, 0.05) is 11.8 Å². The first kappa shape index (κ1) is 22.2. The van der Waals surface area contributed by atoms with E-state index < -0.39 is 0 Å². The average molecular weight is 447 g/mol. The van der Waals surface area contributed by atoms with Gasteiger partial charge >= 0.3 is 26.2 Å². The number of fused-ring (bicyclic) bond motifs is 2. The Balaban J connectivity index is 0.00000104. The van der Waals surface area contributed by atoms with E-state index in [1.807, 2.05) is 0 Å². The van der Waals surface area contributed by atoms with Crippen LogP contribution in [0, 0.1) is 0 Å². The molecule has 0 spiro atoms. The van der Waals surface area contributed by atoms with Crippen molar-refractivity contribution in [2.75, 3.05) is 0 Å². The Kier molecular flexibility index (Phi) is 8.13. The topological polar surface area (TPSA) is 0 Å². The van der Waals surface area contributed by atoms with Crippen molar-refractivity contribution in [2.45, 2.75) is 25.7 Å². The molecule has 0 nitrogen and oxygen atoms in total. The van der Waals surface area contributed by atoms with Crippen LogP contribution in [0.3, 0.4) is 0 Å². The Morgan fingerprint density at radius 2 is 1.00 bits per heavy atom. The van der Waals surface area contributed by atoms with E-state index >= 15 is 0 Å². The summed E-state index contributed by atoms with van der Waals surface area (Å²) < 4.78 is 0. The van der Waals surface area contributed by atoms with Gasteiger partial charge in [0.05, 0.1) is 0 Å². The number of hydrogen-bond donors (Lipinski definition) is 0. The van der Waals surface area contributed by atoms with E-state index in [0.29, 0.717) is 11.8 Å². The van der Waals surface area contributed by atoms with Crippen LogP contribution in [0.1, 0.15) is 47.9 Å². The molecule has 2 unspecified atom stereocenters. The SMILES string of the molecule is CC1=CC(C=CC2C=C(C)c3ccccc32)c2ccccc21.[Cl-].[Cl-].[Zr+2]. The van der Waals surface area contributed by atoms with Gasteiger partial charge in [0.25, 0.3) is 0 Å². The third-order valence-corrected chi connectivity index (χ3v) is 4.87. The Labute approximate surface area is 182 Å². The summed E-state index contributed by atoms with van der Waals surface area (Å²) in [6.45, 7) is 4.42. The zero-order valence-electron chi connectivity index (χ0n) is 14.3. The summed E-state index contributed by atoms with van der Waals surface area (Å²) in [7, 11) is 0. The molecule has 2 aromatic carbocycles. The van der Waals surface area contributed by atoms with Crippen LogP contribution in [0.2, 0.25) is 0 Å². The molecule has 3 heteroatoms. The quantitative estimate of drug-likeness (QED) is 0.568. The van der Waals surface area contributed by atoms with Crippen LogP contribution >= 0.6 is 0 Å². The standard InChI is InChI=1S/C22H20.2ClH.Zr/c1-15-13-17(21-9-5-3-7-19(15)21)11-12-18-14-16(2)20-8-4-6-10-22(18)20;;;/h3-14,17-18H,1-2H3;2*1H;/q;;;+2/p-2. The van der Waals surface area contributed by atoms with E-state index in [1.165, 1.54) is 33.4 Å². The molecule has 0 bridgehead atoms. The molecule has 4 rings (SSSR count). The van der Waals surface area contributed by atoms with Gasteiger partial charge in [-0.05, 0) is 47.2 Å². The fourth-order valence-corrected chi connectivity index (χ4v) is 3.75. The van der Waals surface area contributed by atoms with Crippen LogP contribution in [0.15, 0.2) is 72.8 Å². The maximum absolute atomic E-state index is 2.37. The molecule has 0 aromatic heterocycles.